The largest absolute Gasteiger partial charge is 0.390 e. The summed E-state index contributed by atoms with van der Waals surface area (Å²) in [5.74, 6) is 0.534. The van der Waals surface area contributed by atoms with E-state index in [0.29, 0.717) is 5.92 Å². The van der Waals surface area contributed by atoms with E-state index in [4.69, 9.17) is 0 Å². The minimum absolute atomic E-state index is 0.134. The van der Waals surface area contributed by atoms with Gasteiger partial charge in [-0.25, -0.2) is 0 Å². The molecule has 0 aromatic rings. The van der Waals surface area contributed by atoms with Crippen molar-refractivity contribution < 1.29 is 10.2 Å². The Morgan fingerprint density at radius 3 is 1.55 bits per heavy atom. The molecule has 68 valence electrons. The van der Waals surface area contributed by atoms with E-state index in [9.17, 15) is 10.2 Å². The minimum Gasteiger partial charge on any atom is -0.390 e. The second kappa shape index (κ2) is 3.55. The van der Waals surface area contributed by atoms with E-state index < -0.39 is 11.7 Å². The van der Waals surface area contributed by atoms with Crippen LogP contribution in [0.5, 0.6) is 0 Å². The molecule has 0 saturated heterocycles. The first-order valence-electron chi connectivity index (χ1n) is 4.17. The normalized spacial score (nSPS) is 18.5. The molecule has 2 heteroatoms. The molecule has 0 aromatic heterocycles. The van der Waals surface area contributed by atoms with Crippen LogP contribution in [-0.4, -0.2) is 21.9 Å². The van der Waals surface area contributed by atoms with Crippen LogP contribution < -0.4 is 0 Å². The third-order valence-corrected chi connectivity index (χ3v) is 2.27. The Balaban J connectivity index is 4.13. The fraction of sp³-hybridized carbons (Fsp3) is 1.00. The van der Waals surface area contributed by atoms with Gasteiger partial charge >= 0.3 is 0 Å². The predicted molar refractivity (Wildman–Crippen MR) is 46.3 cm³/mol. The summed E-state index contributed by atoms with van der Waals surface area (Å²) in [7, 11) is 0. The van der Waals surface area contributed by atoms with E-state index in [1.54, 1.807) is 13.8 Å². The molecule has 0 aliphatic carbocycles. The maximum atomic E-state index is 9.57. The second-order valence-electron chi connectivity index (χ2n) is 4.20. The monoisotopic (exact) mass is 160 g/mol. The number of aliphatic hydroxyl groups excluding tert-OH is 1. The maximum Gasteiger partial charge on any atom is 0.0852 e. The van der Waals surface area contributed by atoms with Gasteiger partial charge in [-0.1, -0.05) is 20.8 Å². The van der Waals surface area contributed by atoms with Crippen LogP contribution in [0.1, 0.15) is 34.6 Å². The lowest BCUT2D eigenvalue weighted by Gasteiger charge is -2.31. The number of hydrogen-bond donors (Lipinski definition) is 2. The average molecular weight is 160 g/mol. The lowest BCUT2D eigenvalue weighted by atomic mass is 9.84. The van der Waals surface area contributed by atoms with Crippen LogP contribution in [0, 0.1) is 11.8 Å². The molecule has 0 aliphatic heterocycles. The third-order valence-electron chi connectivity index (χ3n) is 2.27. The second-order valence-corrected chi connectivity index (χ2v) is 4.20. The molecule has 0 aromatic carbocycles. The van der Waals surface area contributed by atoms with E-state index in [2.05, 4.69) is 0 Å². The van der Waals surface area contributed by atoms with Gasteiger partial charge in [-0.05, 0) is 25.7 Å². The molecular formula is C9H20O2. The Labute approximate surface area is 69.2 Å². The van der Waals surface area contributed by atoms with Crippen molar-refractivity contribution in [1.82, 2.24) is 0 Å². The first kappa shape index (κ1) is 10.9. The van der Waals surface area contributed by atoms with Gasteiger partial charge in [-0.2, -0.15) is 0 Å². The lowest BCUT2D eigenvalue weighted by molar-refractivity contribution is -0.0817. The summed E-state index contributed by atoms with van der Waals surface area (Å²) in [6, 6.07) is 0. The topological polar surface area (TPSA) is 40.5 Å². The van der Waals surface area contributed by atoms with Gasteiger partial charge in [0.1, 0.15) is 0 Å². The van der Waals surface area contributed by atoms with Gasteiger partial charge in [-0.15, -0.1) is 0 Å². The minimum atomic E-state index is -0.982. The highest BCUT2D eigenvalue weighted by Gasteiger charge is 2.30. The smallest absolute Gasteiger partial charge is 0.0852 e. The average Bonchev–Trinajstić information content (AvgIpc) is 1.82. The third kappa shape index (κ3) is 3.21. The van der Waals surface area contributed by atoms with Crippen LogP contribution in [0.15, 0.2) is 0 Å². The summed E-state index contributed by atoms with van der Waals surface area (Å²) in [5, 5.41) is 19.0. The van der Waals surface area contributed by atoms with Crippen LogP contribution in [0.4, 0.5) is 0 Å². The van der Waals surface area contributed by atoms with Crippen molar-refractivity contribution >= 4 is 0 Å². The molecule has 0 saturated carbocycles. The molecule has 2 N–H and O–H groups in total. The van der Waals surface area contributed by atoms with E-state index in [1.165, 1.54) is 0 Å². The fourth-order valence-electron chi connectivity index (χ4n) is 1.01. The van der Waals surface area contributed by atoms with Gasteiger partial charge in [-0.3, -0.25) is 0 Å². The fourth-order valence-corrected chi connectivity index (χ4v) is 1.01. The van der Waals surface area contributed by atoms with Crippen LogP contribution in [0.2, 0.25) is 0 Å². The molecule has 2 unspecified atom stereocenters. The van der Waals surface area contributed by atoms with Crippen molar-refractivity contribution in [2.24, 2.45) is 11.8 Å². The molecule has 0 amide bonds. The Hall–Kier alpha value is -0.0800. The van der Waals surface area contributed by atoms with Gasteiger partial charge < -0.3 is 10.2 Å². The SMILES string of the molecule is CC(C)C(C)C(O)C(C)(C)O. The van der Waals surface area contributed by atoms with Crippen molar-refractivity contribution in [2.45, 2.75) is 46.3 Å². The zero-order valence-electron chi connectivity index (χ0n) is 8.13. The quantitative estimate of drug-likeness (QED) is 0.655. The zero-order valence-corrected chi connectivity index (χ0v) is 8.13. The summed E-state index contributed by atoms with van der Waals surface area (Å²) >= 11 is 0. The highest BCUT2D eigenvalue weighted by Crippen LogP contribution is 2.22. The Morgan fingerprint density at radius 2 is 1.45 bits per heavy atom. The van der Waals surface area contributed by atoms with E-state index >= 15 is 0 Å². The summed E-state index contributed by atoms with van der Waals surface area (Å²) in [6.45, 7) is 9.31. The summed E-state index contributed by atoms with van der Waals surface area (Å²) < 4.78 is 0. The van der Waals surface area contributed by atoms with Crippen LogP contribution >= 0.6 is 0 Å². The Bertz CT molecular complexity index is 113. The molecule has 2 nitrogen and oxygen atoms in total. The van der Waals surface area contributed by atoms with Gasteiger partial charge in [0.15, 0.2) is 0 Å². The van der Waals surface area contributed by atoms with E-state index in [1.807, 2.05) is 20.8 Å². The van der Waals surface area contributed by atoms with E-state index in [-0.39, 0.29) is 5.92 Å². The predicted octanol–water partition coefficient (Wildman–Crippen LogP) is 1.41. The first-order valence-corrected chi connectivity index (χ1v) is 4.17. The summed E-state index contributed by atoms with van der Waals surface area (Å²) in [5.41, 5.74) is -0.982. The van der Waals surface area contributed by atoms with Gasteiger partial charge in [0.2, 0.25) is 0 Å². The van der Waals surface area contributed by atoms with Crippen LogP contribution in [-0.2, 0) is 0 Å². The van der Waals surface area contributed by atoms with Crippen molar-refractivity contribution in [3.63, 3.8) is 0 Å². The maximum absolute atomic E-state index is 9.57. The van der Waals surface area contributed by atoms with Gasteiger partial charge in [0.25, 0.3) is 0 Å². The molecule has 0 radical (unpaired) electrons. The van der Waals surface area contributed by atoms with Gasteiger partial charge in [0, 0.05) is 0 Å². The van der Waals surface area contributed by atoms with Crippen LogP contribution in [0.3, 0.4) is 0 Å². The number of rotatable bonds is 3. The molecule has 0 aliphatic rings. The molecule has 2 atom stereocenters. The molecule has 0 bridgehead atoms. The molecule has 0 heterocycles. The van der Waals surface area contributed by atoms with Crippen LogP contribution in [0.25, 0.3) is 0 Å². The van der Waals surface area contributed by atoms with Crippen molar-refractivity contribution in [3.8, 4) is 0 Å². The molecule has 11 heavy (non-hydrogen) atoms. The molecule has 0 rings (SSSR count). The number of aliphatic hydroxyl groups is 2. The van der Waals surface area contributed by atoms with Gasteiger partial charge in [0.05, 0.1) is 11.7 Å². The summed E-state index contributed by atoms with van der Waals surface area (Å²) in [6.07, 6.45) is -0.637. The molecular weight excluding hydrogens is 140 g/mol. The van der Waals surface area contributed by atoms with E-state index in [0.717, 1.165) is 0 Å². The number of hydrogen-bond acceptors (Lipinski definition) is 2. The Kier molecular flexibility index (Phi) is 3.52. The highest BCUT2D eigenvalue weighted by atomic mass is 16.3. The van der Waals surface area contributed by atoms with Crippen molar-refractivity contribution in [2.75, 3.05) is 0 Å². The Morgan fingerprint density at radius 1 is 1.09 bits per heavy atom. The standard InChI is InChI=1S/C9H20O2/c1-6(2)7(3)8(10)9(4,5)11/h6-8,10-11H,1-5H3. The molecule has 0 fully saturated rings. The van der Waals surface area contributed by atoms with Crippen molar-refractivity contribution in [1.29, 1.82) is 0 Å². The highest BCUT2D eigenvalue weighted by molar-refractivity contribution is 4.81. The molecule has 0 spiro atoms. The zero-order chi connectivity index (χ0) is 9.23. The lowest BCUT2D eigenvalue weighted by Crippen LogP contribution is -2.42. The first-order chi connectivity index (χ1) is 4.76. The van der Waals surface area contributed by atoms with Crippen molar-refractivity contribution in [3.05, 3.63) is 0 Å². The summed E-state index contributed by atoms with van der Waals surface area (Å²) in [4.78, 5) is 0.